The summed E-state index contributed by atoms with van der Waals surface area (Å²) in [6.07, 6.45) is 1.18. The number of aliphatic hydroxyl groups excluding tert-OH is 3. The molecule has 0 saturated carbocycles. The van der Waals surface area contributed by atoms with E-state index in [0.29, 0.717) is 13.2 Å². The fourth-order valence-corrected chi connectivity index (χ4v) is 1.48. The average Bonchev–Trinajstić information content (AvgIpc) is 2.42. The second-order valence-electron chi connectivity index (χ2n) is 3.90. The van der Waals surface area contributed by atoms with Crippen molar-refractivity contribution in [2.24, 2.45) is 5.41 Å². The highest BCUT2D eigenvalue weighted by Gasteiger charge is 2.49. The highest BCUT2D eigenvalue weighted by atomic mass is 16.7. The molecule has 0 aromatic carbocycles. The molecule has 112 valence electrons. The van der Waals surface area contributed by atoms with E-state index in [2.05, 4.69) is 6.58 Å². The number of aliphatic hydroxyl groups is 3. The summed E-state index contributed by atoms with van der Waals surface area (Å²) in [6, 6.07) is 1.69. The van der Waals surface area contributed by atoms with Gasteiger partial charge >= 0.3 is 0 Å². The van der Waals surface area contributed by atoms with Crippen molar-refractivity contribution in [2.45, 2.75) is 26.6 Å². The lowest BCUT2D eigenvalue weighted by Crippen LogP contribution is -2.57. The van der Waals surface area contributed by atoms with Crippen LogP contribution in [-0.2, 0) is 9.47 Å². The molecule has 0 aliphatic carbocycles. The Hall–Kier alpha value is -0.970. The van der Waals surface area contributed by atoms with Crippen molar-refractivity contribution in [2.75, 3.05) is 33.0 Å². The Balaban J connectivity index is 0. The lowest BCUT2D eigenvalue weighted by Gasteiger charge is -2.44. The van der Waals surface area contributed by atoms with Crippen LogP contribution in [-0.4, -0.2) is 54.1 Å². The summed E-state index contributed by atoms with van der Waals surface area (Å²) in [5.74, 6) is -1.19. The Bertz CT molecular complexity index is 256. The summed E-state index contributed by atoms with van der Waals surface area (Å²) in [6.45, 7) is 7.83. The van der Waals surface area contributed by atoms with E-state index < -0.39 is 31.0 Å². The van der Waals surface area contributed by atoms with Gasteiger partial charge in [0, 0.05) is 19.3 Å². The van der Waals surface area contributed by atoms with Crippen molar-refractivity contribution in [1.82, 2.24) is 0 Å². The van der Waals surface area contributed by atoms with Gasteiger partial charge in [-0.3, -0.25) is 0 Å². The SMILES string of the molecule is C=CC#N.CCOC(C)(OCC)C(CO)(CO)CO. The maximum Gasteiger partial charge on any atom is 0.177 e. The molecule has 0 aromatic heterocycles. The van der Waals surface area contributed by atoms with Gasteiger partial charge in [0.05, 0.1) is 31.3 Å². The number of ether oxygens (including phenoxy) is 2. The molecular weight excluding hydrogens is 250 g/mol. The predicted molar refractivity (Wildman–Crippen MR) is 71.2 cm³/mol. The van der Waals surface area contributed by atoms with Crippen LogP contribution in [0.15, 0.2) is 12.7 Å². The molecule has 0 bridgehead atoms. The number of hydrogen-bond acceptors (Lipinski definition) is 6. The van der Waals surface area contributed by atoms with E-state index in [-0.39, 0.29) is 0 Å². The van der Waals surface area contributed by atoms with E-state index in [0.717, 1.165) is 0 Å². The second-order valence-corrected chi connectivity index (χ2v) is 3.90. The van der Waals surface area contributed by atoms with Crippen molar-refractivity contribution < 1.29 is 24.8 Å². The Morgan fingerprint density at radius 2 is 1.42 bits per heavy atom. The molecule has 0 aromatic rings. The van der Waals surface area contributed by atoms with Gasteiger partial charge in [-0.2, -0.15) is 5.26 Å². The van der Waals surface area contributed by atoms with Gasteiger partial charge in [-0.05, 0) is 20.8 Å². The zero-order valence-electron chi connectivity index (χ0n) is 11.9. The third kappa shape index (κ3) is 5.68. The highest BCUT2D eigenvalue weighted by Crippen LogP contribution is 2.35. The maximum absolute atomic E-state index is 9.29. The van der Waals surface area contributed by atoms with E-state index in [1.165, 1.54) is 6.08 Å². The number of allylic oxidation sites excluding steroid dienone is 1. The monoisotopic (exact) mass is 275 g/mol. The largest absolute Gasteiger partial charge is 0.395 e. The topological polar surface area (TPSA) is 103 Å². The number of nitriles is 1. The zero-order chi connectivity index (χ0) is 15.4. The van der Waals surface area contributed by atoms with Crippen LogP contribution >= 0.6 is 0 Å². The third-order valence-electron chi connectivity index (χ3n) is 2.80. The first kappa shape index (κ1) is 20.3. The number of hydrogen-bond donors (Lipinski definition) is 3. The van der Waals surface area contributed by atoms with Gasteiger partial charge in [0.25, 0.3) is 0 Å². The van der Waals surface area contributed by atoms with Crippen LogP contribution in [0, 0.1) is 16.7 Å². The Labute approximate surface area is 114 Å². The van der Waals surface area contributed by atoms with Crippen molar-refractivity contribution in [3.8, 4) is 6.07 Å². The summed E-state index contributed by atoms with van der Waals surface area (Å²) in [5.41, 5.74) is -1.20. The minimum Gasteiger partial charge on any atom is -0.395 e. The molecule has 0 unspecified atom stereocenters. The minimum absolute atomic E-state index is 0.373. The lowest BCUT2D eigenvalue weighted by molar-refractivity contribution is -0.307. The summed E-state index contributed by atoms with van der Waals surface area (Å²) in [4.78, 5) is 0. The summed E-state index contributed by atoms with van der Waals surface area (Å²) < 4.78 is 10.8. The van der Waals surface area contributed by atoms with Crippen molar-refractivity contribution in [1.29, 1.82) is 5.26 Å². The molecule has 0 atom stereocenters. The van der Waals surface area contributed by atoms with Crippen molar-refractivity contribution >= 4 is 0 Å². The van der Waals surface area contributed by atoms with E-state index in [9.17, 15) is 15.3 Å². The van der Waals surface area contributed by atoms with Crippen LogP contribution in [0.4, 0.5) is 0 Å². The molecule has 6 nitrogen and oxygen atoms in total. The predicted octanol–water partition coefficient (Wildman–Crippen LogP) is 0.435. The molecule has 0 radical (unpaired) electrons. The third-order valence-corrected chi connectivity index (χ3v) is 2.80. The molecule has 19 heavy (non-hydrogen) atoms. The van der Waals surface area contributed by atoms with Gasteiger partial charge in [0.1, 0.15) is 0 Å². The van der Waals surface area contributed by atoms with Crippen molar-refractivity contribution in [3.63, 3.8) is 0 Å². The summed E-state index contributed by atoms with van der Waals surface area (Å²) >= 11 is 0. The van der Waals surface area contributed by atoms with Gasteiger partial charge in [-0.25, -0.2) is 0 Å². The first-order valence-corrected chi connectivity index (χ1v) is 6.08. The quantitative estimate of drug-likeness (QED) is 0.438. The molecule has 0 aliphatic heterocycles. The lowest BCUT2D eigenvalue weighted by atomic mass is 9.82. The standard InChI is InChI=1S/C10H22O5.C3H3N/c1-4-14-9(3,15-5-2)10(6-11,7-12)8-13;1-2-3-4/h11-13H,4-8H2,1-3H3;2H,1H2. The molecule has 6 heteroatoms. The molecule has 0 spiro atoms. The fraction of sp³-hybridized carbons (Fsp3) is 0.769. The van der Waals surface area contributed by atoms with Crippen LogP contribution in [0.1, 0.15) is 20.8 Å². The second kappa shape index (κ2) is 10.9. The number of rotatable bonds is 8. The summed E-state index contributed by atoms with van der Waals surface area (Å²) in [5, 5.41) is 35.4. The van der Waals surface area contributed by atoms with Crippen LogP contribution in [0.3, 0.4) is 0 Å². The molecule has 0 rings (SSSR count). The first-order chi connectivity index (χ1) is 8.97. The maximum atomic E-state index is 9.29. The molecule has 0 saturated heterocycles. The van der Waals surface area contributed by atoms with Crippen LogP contribution in [0.25, 0.3) is 0 Å². The Morgan fingerprint density at radius 1 is 1.11 bits per heavy atom. The van der Waals surface area contributed by atoms with Crippen molar-refractivity contribution in [3.05, 3.63) is 12.7 Å². The van der Waals surface area contributed by atoms with Gasteiger partial charge in [-0.1, -0.05) is 6.58 Å². The average molecular weight is 275 g/mol. The van der Waals surface area contributed by atoms with Crippen LogP contribution in [0.5, 0.6) is 0 Å². The van der Waals surface area contributed by atoms with Crippen LogP contribution in [0.2, 0.25) is 0 Å². The molecular formula is C13H25NO5. The smallest absolute Gasteiger partial charge is 0.177 e. The van der Waals surface area contributed by atoms with Crippen LogP contribution < -0.4 is 0 Å². The van der Waals surface area contributed by atoms with Gasteiger partial charge < -0.3 is 24.8 Å². The molecule has 0 aliphatic rings. The molecule has 0 fully saturated rings. The Kier molecular flexibility index (Phi) is 11.7. The minimum atomic E-state index is -1.20. The van der Waals surface area contributed by atoms with E-state index in [1.54, 1.807) is 26.8 Å². The van der Waals surface area contributed by atoms with E-state index in [4.69, 9.17) is 14.7 Å². The Morgan fingerprint density at radius 3 is 1.58 bits per heavy atom. The molecule has 0 heterocycles. The van der Waals surface area contributed by atoms with Gasteiger partial charge in [-0.15, -0.1) is 0 Å². The van der Waals surface area contributed by atoms with Gasteiger partial charge in [0.2, 0.25) is 0 Å². The fourth-order valence-electron chi connectivity index (χ4n) is 1.48. The molecule has 3 N–H and O–H groups in total. The highest BCUT2D eigenvalue weighted by molar-refractivity contribution is 4.93. The number of nitrogens with zero attached hydrogens (tertiary/aromatic N) is 1. The first-order valence-electron chi connectivity index (χ1n) is 6.08. The normalized spacial score (nSPS) is 11.2. The zero-order valence-corrected chi connectivity index (χ0v) is 11.9. The van der Waals surface area contributed by atoms with Gasteiger partial charge in [0.15, 0.2) is 5.79 Å². The summed E-state index contributed by atoms with van der Waals surface area (Å²) in [7, 11) is 0. The van der Waals surface area contributed by atoms with E-state index in [1.807, 2.05) is 0 Å². The van der Waals surface area contributed by atoms with E-state index >= 15 is 0 Å². The molecule has 0 amide bonds.